The van der Waals surface area contributed by atoms with E-state index in [9.17, 15) is 13.6 Å². The van der Waals surface area contributed by atoms with Crippen molar-refractivity contribution in [2.75, 3.05) is 13.1 Å². The maximum atomic E-state index is 13.7. The van der Waals surface area contributed by atoms with Gasteiger partial charge in [0.1, 0.15) is 5.25 Å². The van der Waals surface area contributed by atoms with Gasteiger partial charge in [0, 0.05) is 13.1 Å². The molecule has 1 heterocycles. The Labute approximate surface area is 161 Å². The van der Waals surface area contributed by atoms with Crippen molar-refractivity contribution in [3.05, 3.63) is 60.2 Å². The highest BCUT2D eigenvalue weighted by molar-refractivity contribution is 8.00. The molecule has 0 bridgehead atoms. The number of alkyl halides is 2. The predicted molar refractivity (Wildman–Crippen MR) is 104 cm³/mol. The van der Waals surface area contributed by atoms with Crippen LogP contribution in [0.25, 0.3) is 11.0 Å². The topological polar surface area (TPSA) is 38.1 Å². The molecule has 1 amide bonds. The third-order valence-electron chi connectivity index (χ3n) is 4.38. The molecule has 3 aromatic rings. The monoisotopic (exact) mass is 389 g/mol. The summed E-state index contributed by atoms with van der Waals surface area (Å²) in [6.45, 7) is 2.19. The molecule has 3 rings (SSSR count). The van der Waals surface area contributed by atoms with Crippen LogP contribution in [0.1, 0.15) is 31.2 Å². The van der Waals surface area contributed by atoms with Gasteiger partial charge in [0.05, 0.1) is 11.0 Å². The highest BCUT2D eigenvalue weighted by atomic mass is 32.2. The fourth-order valence-electron chi connectivity index (χ4n) is 2.99. The summed E-state index contributed by atoms with van der Waals surface area (Å²) in [5.41, 5.74) is 1.62. The van der Waals surface area contributed by atoms with Crippen LogP contribution in [0.2, 0.25) is 0 Å². The van der Waals surface area contributed by atoms with Gasteiger partial charge in [0.25, 0.3) is 0 Å². The molecule has 0 aliphatic carbocycles. The number of rotatable bonds is 7. The van der Waals surface area contributed by atoms with Crippen LogP contribution in [0.3, 0.4) is 0 Å². The van der Waals surface area contributed by atoms with Gasteiger partial charge in [-0.05, 0) is 31.5 Å². The van der Waals surface area contributed by atoms with Crippen LogP contribution >= 0.6 is 11.8 Å². The van der Waals surface area contributed by atoms with Crippen LogP contribution in [0, 0.1) is 0 Å². The molecule has 0 spiro atoms. The summed E-state index contributed by atoms with van der Waals surface area (Å²) in [5, 5.41) is -0.499. The van der Waals surface area contributed by atoms with Gasteiger partial charge in [-0.15, -0.1) is 0 Å². The average molecular weight is 389 g/mol. The number of fused-ring (bicyclic) bond motifs is 1. The van der Waals surface area contributed by atoms with Gasteiger partial charge in [-0.3, -0.25) is 9.36 Å². The molecule has 0 saturated heterocycles. The summed E-state index contributed by atoms with van der Waals surface area (Å²) < 4.78 is 28.4. The standard InChI is InChI=1S/C20H21F2N3OS/c1-3-24(4-2)18(26)17(14-10-6-5-7-11-14)27-20-23-15-12-8-9-13-16(15)25(20)19(21)22/h5-13,17,19H,3-4H2,1-2H3/t17-/m1/s1. The number of hydrogen-bond donors (Lipinski definition) is 0. The van der Waals surface area contributed by atoms with Gasteiger partial charge in [-0.25, -0.2) is 4.98 Å². The first-order valence-electron chi connectivity index (χ1n) is 8.82. The van der Waals surface area contributed by atoms with Crippen molar-refractivity contribution >= 4 is 28.7 Å². The van der Waals surface area contributed by atoms with Gasteiger partial charge < -0.3 is 4.90 Å². The number of para-hydroxylation sites is 2. The van der Waals surface area contributed by atoms with Crippen molar-refractivity contribution in [3.8, 4) is 0 Å². The summed E-state index contributed by atoms with van der Waals surface area (Å²) in [7, 11) is 0. The summed E-state index contributed by atoms with van der Waals surface area (Å²) in [5.74, 6) is -0.107. The van der Waals surface area contributed by atoms with E-state index in [0.29, 0.717) is 24.1 Å². The minimum Gasteiger partial charge on any atom is -0.342 e. The largest absolute Gasteiger partial charge is 0.342 e. The van der Waals surface area contributed by atoms with E-state index in [1.165, 1.54) is 0 Å². The first-order valence-corrected chi connectivity index (χ1v) is 9.70. The second-order valence-electron chi connectivity index (χ2n) is 5.95. The Balaban J connectivity index is 2.06. The molecular formula is C20H21F2N3OS. The second-order valence-corrected chi connectivity index (χ2v) is 7.02. The molecule has 142 valence electrons. The quantitative estimate of drug-likeness (QED) is 0.526. The van der Waals surface area contributed by atoms with Crippen molar-refractivity contribution in [2.45, 2.75) is 30.8 Å². The number of halogens is 2. The molecular weight excluding hydrogens is 368 g/mol. The third-order valence-corrected chi connectivity index (χ3v) is 5.59. The number of benzene rings is 2. The van der Waals surface area contributed by atoms with Crippen LogP contribution in [-0.4, -0.2) is 33.4 Å². The van der Waals surface area contributed by atoms with E-state index in [2.05, 4.69) is 4.98 Å². The number of aromatic nitrogens is 2. The average Bonchev–Trinajstić information content (AvgIpc) is 3.06. The Morgan fingerprint density at radius 1 is 1.07 bits per heavy atom. The zero-order valence-electron chi connectivity index (χ0n) is 15.2. The predicted octanol–water partition coefficient (Wildman–Crippen LogP) is 5.13. The first kappa shape index (κ1) is 19.4. The molecule has 0 aliphatic rings. The fourth-order valence-corrected chi connectivity index (χ4v) is 4.19. The highest BCUT2D eigenvalue weighted by Gasteiger charge is 2.29. The number of carbonyl (C=O) groups is 1. The van der Waals surface area contributed by atoms with Crippen molar-refractivity contribution in [1.29, 1.82) is 0 Å². The zero-order valence-corrected chi connectivity index (χ0v) is 16.0. The van der Waals surface area contributed by atoms with Crippen LogP contribution < -0.4 is 0 Å². The van der Waals surface area contributed by atoms with Crippen LogP contribution in [0.5, 0.6) is 0 Å². The van der Waals surface area contributed by atoms with Crippen molar-refractivity contribution in [1.82, 2.24) is 14.5 Å². The molecule has 1 aromatic heterocycles. The molecule has 7 heteroatoms. The number of likely N-dealkylation sites (N-methyl/N-ethyl adjacent to an activating group) is 1. The molecule has 0 fully saturated rings. The number of thioether (sulfide) groups is 1. The van der Waals surface area contributed by atoms with Crippen molar-refractivity contribution < 1.29 is 13.6 Å². The minimum atomic E-state index is -2.74. The Morgan fingerprint density at radius 2 is 1.70 bits per heavy atom. The van der Waals surface area contributed by atoms with E-state index in [1.807, 2.05) is 44.2 Å². The van der Waals surface area contributed by atoms with Crippen LogP contribution in [0.15, 0.2) is 59.8 Å². The Kier molecular flexibility index (Phi) is 6.11. The number of nitrogens with zero attached hydrogens (tertiary/aromatic N) is 3. The highest BCUT2D eigenvalue weighted by Crippen LogP contribution is 2.39. The second kappa shape index (κ2) is 8.52. The number of amides is 1. The fraction of sp³-hybridized carbons (Fsp3) is 0.300. The molecule has 1 atom stereocenters. The van der Waals surface area contributed by atoms with Crippen LogP contribution in [-0.2, 0) is 4.79 Å². The third kappa shape index (κ3) is 3.98. The lowest BCUT2D eigenvalue weighted by Gasteiger charge is -2.25. The normalized spacial score (nSPS) is 12.5. The van der Waals surface area contributed by atoms with Gasteiger partial charge in [-0.2, -0.15) is 8.78 Å². The number of imidazole rings is 1. The lowest BCUT2D eigenvalue weighted by molar-refractivity contribution is -0.130. The summed E-state index contributed by atoms with van der Waals surface area (Å²) in [6, 6.07) is 16.0. The molecule has 0 radical (unpaired) electrons. The van der Waals surface area contributed by atoms with Gasteiger partial charge in [-0.1, -0.05) is 54.2 Å². The summed E-state index contributed by atoms with van der Waals surface area (Å²) in [6.07, 6.45) is 0. The maximum Gasteiger partial charge on any atom is 0.321 e. The van der Waals surface area contributed by atoms with Crippen molar-refractivity contribution in [3.63, 3.8) is 0 Å². The first-order chi connectivity index (χ1) is 13.1. The van der Waals surface area contributed by atoms with E-state index in [0.717, 1.165) is 21.9 Å². The van der Waals surface area contributed by atoms with E-state index >= 15 is 0 Å². The lowest BCUT2D eigenvalue weighted by Crippen LogP contribution is -2.34. The minimum absolute atomic E-state index is 0.107. The van der Waals surface area contributed by atoms with Gasteiger partial charge >= 0.3 is 6.55 Å². The number of hydrogen-bond acceptors (Lipinski definition) is 3. The molecule has 0 saturated carbocycles. The van der Waals surface area contributed by atoms with Crippen LogP contribution in [0.4, 0.5) is 8.78 Å². The van der Waals surface area contributed by atoms with E-state index in [1.54, 1.807) is 29.2 Å². The zero-order chi connectivity index (χ0) is 19.4. The molecule has 0 aliphatic heterocycles. The van der Waals surface area contributed by atoms with Gasteiger partial charge in [0.2, 0.25) is 5.91 Å². The number of carbonyl (C=O) groups excluding carboxylic acids is 1. The summed E-state index contributed by atoms with van der Waals surface area (Å²) in [4.78, 5) is 19.2. The maximum absolute atomic E-state index is 13.7. The van der Waals surface area contributed by atoms with Crippen molar-refractivity contribution in [2.24, 2.45) is 0 Å². The molecule has 27 heavy (non-hydrogen) atoms. The molecule has 4 nitrogen and oxygen atoms in total. The Hall–Kier alpha value is -2.41. The summed E-state index contributed by atoms with van der Waals surface area (Å²) >= 11 is 1.07. The van der Waals surface area contributed by atoms with Gasteiger partial charge in [0.15, 0.2) is 5.16 Å². The molecule has 2 aromatic carbocycles. The Bertz CT molecular complexity index is 910. The SMILES string of the molecule is CCN(CC)C(=O)[C@H](Sc1nc2ccccc2n1C(F)F)c1ccccc1. The molecule has 0 N–H and O–H groups in total. The smallest absolute Gasteiger partial charge is 0.321 e. The Morgan fingerprint density at radius 3 is 2.33 bits per heavy atom. The molecule has 0 unspecified atom stereocenters. The lowest BCUT2D eigenvalue weighted by atomic mass is 10.1. The van der Waals surface area contributed by atoms with E-state index in [-0.39, 0.29) is 11.1 Å². The van der Waals surface area contributed by atoms with E-state index in [4.69, 9.17) is 0 Å². The van der Waals surface area contributed by atoms with E-state index < -0.39 is 11.8 Å².